The Balaban J connectivity index is 1.19. The van der Waals surface area contributed by atoms with Gasteiger partial charge in [-0.15, -0.1) is 0 Å². The number of aliphatic hydroxyl groups is 12. The molecule has 0 saturated carbocycles. The zero-order valence-electron chi connectivity index (χ0n) is 34.1. The minimum atomic E-state index is -1.85. The van der Waals surface area contributed by atoms with Crippen LogP contribution in [0.4, 0.5) is 0 Å². The Hall–Kier alpha value is 3.42. The van der Waals surface area contributed by atoms with E-state index >= 15 is 0 Å². The summed E-state index contributed by atoms with van der Waals surface area (Å²) in [7, 11) is 0. The summed E-state index contributed by atoms with van der Waals surface area (Å²) in [4.78, 5) is 0. The molecule has 24 nitrogen and oxygen atoms in total. The van der Waals surface area contributed by atoms with Crippen molar-refractivity contribution in [3.63, 3.8) is 0 Å². The van der Waals surface area contributed by atoms with E-state index in [4.69, 9.17) is 56.8 Å². The zero-order valence-corrected chi connectivity index (χ0v) is 47.0. The van der Waals surface area contributed by atoms with Crippen LogP contribution < -0.4 is 0 Å². The molecule has 384 valence electrons. The fourth-order valence-corrected chi connectivity index (χ4v) is 13.0. The smallest absolute Gasteiger partial charge is 0.187 e. The molecule has 12 N–H and O–H groups in total. The van der Waals surface area contributed by atoms with Crippen LogP contribution in [-0.4, -0.2) is 272 Å². The number of rotatable bonds is 6. The van der Waals surface area contributed by atoms with Crippen molar-refractivity contribution in [2.75, 3.05) is 26.6 Å². The molecule has 0 aromatic rings. The number of aliphatic hydroxyl groups excluding tert-OH is 12. The van der Waals surface area contributed by atoms with Gasteiger partial charge in [0, 0.05) is 26.6 Å². The summed E-state index contributed by atoms with van der Waals surface area (Å²) >= 11 is 11.7. The number of hydrogen-bond acceptors (Lipinski definition) is 24. The monoisotopic (exact) mass is 1630 g/mol. The Morgan fingerprint density at radius 2 is 0.318 bits per heavy atom. The van der Waals surface area contributed by atoms with E-state index in [-0.39, 0.29) is 26.6 Å². The summed E-state index contributed by atoms with van der Waals surface area (Å²) in [6.45, 7) is 0. The van der Waals surface area contributed by atoms with Gasteiger partial charge >= 0.3 is 0 Å². The van der Waals surface area contributed by atoms with E-state index in [9.17, 15) is 61.3 Å². The van der Waals surface area contributed by atoms with Crippen LogP contribution in [0.1, 0.15) is 0 Å². The lowest BCUT2D eigenvalue weighted by Crippen LogP contribution is -2.68. The Kier molecular flexibility index (Phi) is 21.7. The second-order valence-corrected chi connectivity index (χ2v) is 22.0. The first kappa shape index (κ1) is 57.1. The zero-order chi connectivity index (χ0) is 48.0. The topological polar surface area (TPSA) is 354 Å². The summed E-state index contributed by atoms with van der Waals surface area (Å²) in [5.41, 5.74) is 0. The molecule has 18 unspecified atom stereocenters. The highest BCUT2D eigenvalue weighted by Gasteiger charge is 2.58. The lowest BCUT2D eigenvalue weighted by atomic mass is 9.95. The average molecular weight is 1630 g/mol. The van der Waals surface area contributed by atoms with Crippen LogP contribution >= 0.6 is 136 Å². The fourth-order valence-electron chi connectivity index (χ4n) is 8.79. The van der Waals surface area contributed by atoms with E-state index in [0.717, 1.165) is 0 Å². The predicted octanol–water partition coefficient (Wildman–Crippen LogP) is -4.40. The van der Waals surface area contributed by atoms with Gasteiger partial charge in [-0.2, -0.15) is 0 Å². The first-order valence-electron chi connectivity index (χ1n) is 20.8. The molecule has 22 aliphatic rings. The number of hydrogen-bond donors (Lipinski definition) is 12. The maximum atomic E-state index is 11.5. The van der Waals surface area contributed by atoms with Gasteiger partial charge in [0.15, 0.2) is 37.7 Å². The van der Waals surface area contributed by atoms with Gasteiger partial charge in [0.1, 0.15) is 110 Å². The molecule has 0 aromatic heterocycles. The van der Waals surface area contributed by atoms with Gasteiger partial charge in [-0.05, 0) is 0 Å². The van der Waals surface area contributed by atoms with Gasteiger partial charge in [-0.25, -0.2) is 0 Å². The molecule has 66 heavy (non-hydrogen) atoms. The quantitative estimate of drug-likeness (QED) is 0.0883. The molecule has 0 amide bonds. The highest BCUT2D eigenvalue weighted by Crippen LogP contribution is 2.39. The summed E-state index contributed by atoms with van der Waals surface area (Å²) in [5, 5.41) is 137. The highest BCUT2D eigenvalue weighted by atomic mass is 127. The molecule has 30 heteroatoms. The van der Waals surface area contributed by atoms with Crippen molar-refractivity contribution in [3.8, 4) is 0 Å². The molecule has 0 spiro atoms. The Bertz CT molecular complexity index is 1260. The molecular weight excluding hydrogens is 1580 g/mol. The van der Waals surface area contributed by atoms with Crippen molar-refractivity contribution >= 4 is 136 Å². The van der Waals surface area contributed by atoms with Crippen molar-refractivity contribution in [2.45, 2.75) is 184 Å². The third-order valence-electron chi connectivity index (χ3n) is 12.5. The minimum Gasteiger partial charge on any atom is -0.387 e. The van der Waals surface area contributed by atoms with E-state index in [1.807, 2.05) is 136 Å². The van der Waals surface area contributed by atoms with Crippen molar-refractivity contribution < 1.29 is 118 Å². The van der Waals surface area contributed by atoms with E-state index < -0.39 is 184 Å². The van der Waals surface area contributed by atoms with Crippen molar-refractivity contribution in [2.24, 2.45) is 0 Å². The number of halogens is 6. The summed E-state index contributed by atoms with van der Waals surface area (Å²) in [6, 6.07) is 0. The molecule has 22 heterocycles. The minimum absolute atomic E-state index is 0.117. The molecule has 22 fully saturated rings. The molecular formula is C36H54I6O24. The van der Waals surface area contributed by atoms with Gasteiger partial charge in [-0.3, -0.25) is 0 Å². The maximum Gasteiger partial charge on any atom is 0.187 e. The van der Waals surface area contributed by atoms with Crippen LogP contribution in [0.2, 0.25) is 0 Å². The van der Waals surface area contributed by atoms with Gasteiger partial charge in [-0.1, -0.05) is 136 Å². The molecule has 0 radical (unpaired) electrons. The number of alkyl halides is 6. The fraction of sp³-hybridized carbons (Fsp3) is 1.00. The Morgan fingerprint density at radius 1 is 0.197 bits per heavy atom. The third-order valence-corrected chi connectivity index (χ3v) is 17.7. The van der Waals surface area contributed by atoms with Gasteiger partial charge in [0.25, 0.3) is 0 Å². The predicted molar refractivity (Wildman–Crippen MR) is 267 cm³/mol. The van der Waals surface area contributed by atoms with Crippen LogP contribution in [0.5, 0.6) is 0 Å². The van der Waals surface area contributed by atoms with Crippen LogP contribution in [0.25, 0.3) is 0 Å². The normalized spacial score (nSPS) is 55.4. The summed E-state index contributed by atoms with van der Waals surface area (Å²) < 4.78 is 73.3. The lowest BCUT2D eigenvalue weighted by Gasteiger charge is -2.51. The van der Waals surface area contributed by atoms with Gasteiger partial charge < -0.3 is 118 Å². The van der Waals surface area contributed by atoms with E-state index in [1.165, 1.54) is 0 Å². The van der Waals surface area contributed by atoms with Crippen LogP contribution in [0.15, 0.2) is 0 Å². The Labute approximate surface area is 459 Å². The summed E-state index contributed by atoms with van der Waals surface area (Å²) in [5.74, 6) is 0. The van der Waals surface area contributed by atoms with Crippen molar-refractivity contribution in [3.05, 3.63) is 0 Å². The molecule has 0 aromatic carbocycles. The molecule has 22 saturated heterocycles. The maximum absolute atomic E-state index is 11.5. The number of ether oxygens (including phenoxy) is 12. The summed E-state index contributed by atoms with van der Waals surface area (Å²) in [6.07, 6.45) is -46.3. The Morgan fingerprint density at radius 3 is 0.424 bits per heavy atom. The molecule has 12 bridgehead atoms. The molecule has 30 atom stereocenters. The van der Waals surface area contributed by atoms with Crippen molar-refractivity contribution in [1.82, 2.24) is 0 Å². The second kappa shape index (κ2) is 25.1. The van der Waals surface area contributed by atoms with Crippen LogP contribution in [0.3, 0.4) is 0 Å². The van der Waals surface area contributed by atoms with Crippen LogP contribution in [0, 0.1) is 0 Å². The largest absolute Gasteiger partial charge is 0.387 e. The van der Waals surface area contributed by atoms with Crippen LogP contribution in [-0.2, 0) is 56.8 Å². The molecule has 0 aliphatic carbocycles. The molecule has 22 aliphatic heterocycles. The van der Waals surface area contributed by atoms with Gasteiger partial charge in [0.05, 0.1) is 36.6 Å². The SMILES string of the molecule is OC1C(O)[C@@H]2O[C@H]3OC(CI)[C@@H](O[C@H]4OC(CI)[C@@H](O[C@H]5OC(CI)[C@@H](O[C@H]6OC(CI)[C@@H](O[C@H]7OC(CI)[C@@H](O[C@H]1OC2CI)C(O)C7O)C(O)C6O)C(O)C5O)C(O)C4O)C(O)C3O. The van der Waals surface area contributed by atoms with E-state index in [2.05, 4.69) is 0 Å². The van der Waals surface area contributed by atoms with E-state index in [1.54, 1.807) is 0 Å². The van der Waals surface area contributed by atoms with E-state index in [0.29, 0.717) is 0 Å². The highest BCUT2D eigenvalue weighted by molar-refractivity contribution is 14.1. The van der Waals surface area contributed by atoms with Gasteiger partial charge in [0.2, 0.25) is 0 Å². The first-order valence-corrected chi connectivity index (χ1v) is 30.0. The first-order chi connectivity index (χ1) is 31.4. The van der Waals surface area contributed by atoms with Crippen molar-refractivity contribution in [1.29, 1.82) is 0 Å². The lowest BCUT2D eigenvalue weighted by molar-refractivity contribution is -0.396. The second-order valence-electron chi connectivity index (χ2n) is 16.7. The average Bonchev–Trinajstić information content (AvgIpc) is 3.31. The standard InChI is InChI=1S/C36H54I6O24/c37-1-7-25-13(43)19(49)31(55-7)62-26-8(2-38)57-33(21(51)15(26)45)64-28-10(4-40)59-35(23(53)17(28)47)66-30-12(6-42)60-36(24(54)18(30)48)65-29-11(5-41)58-34(22(52)16(29)46)63-27-9(3-39)56-32(61-25)20(50)14(27)44/h7-36,43-54H,1-6H2/t7?,8?,9?,10?,11?,12?,13?,14?,15?,16?,17?,18?,19?,20?,21?,22?,23?,24?,25-,26-,27-,28-,29-,30-,31-,32-,33-,34-,35-,36-/m1/s1. The molecule has 22 rings (SSSR count). The third kappa shape index (κ3) is 11.7.